The highest BCUT2D eigenvalue weighted by Crippen LogP contribution is 2.15. The standard InChI is InChI=1S/C15H20N4O3S/c1-19(23(2,21)22)9-5-8-16-15(20)18-13-10-12-6-3-4-7-14(12)17-11-13/h3-4,6-7,10-11H,5,8-9H2,1-2H3,(H2,16,18,20). The number of hydrogen-bond donors (Lipinski definition) is 2. The van der Waals surface area contributed by atoms with Crippen LogP contribution in [0.4, 0.5) is 10.5 Å². The first-order valence-corrected chi connectivity index (χ1v) is 9.02. The van der Waals surface area contributed by atoms with Crippen molar-refractivity contribution < 1.29 is 13.2 Å². The first-order chi connectivity index (χ1) is 10.9. The Labute approximate surface area is 135 Å². The predicted molar refractivity (Wildman–Crippen MR) is 90.9 cm³/mol. The molecule has 2 amide bonds. The summed E-state index contributed by atoms with van der Waals surface area (Å²) in [6.45, 7) is 0.739. The zero-order valence-electron chi connectivity index (χ0n) is 13.1. The molecule has 2 N–H and O–H groups in total. The van der Waals surface area contributed by atoms with Gasteiger partial charge in [-0.05, 0) is 18.6 Å². The summed E-state index contributed by atoms with van der Waals surface area (Å²) >= 11 is 0. The molecular weight excluding hydrogens is 316 g/mol. The van der Waals surface area contributed by atoms with E-state index in [-0.39, 0.29) is 6.03 Å². The number of carbonyl (C=O) groups is 1. The van der Waals surface area contributed by atoms with Crippen molar-refractivity contribution in [2.45, 2.75) is 6.42 Å². The van der Waals surface area contributed by atoms with Gasteiger partial charge < -0.3 is 10.6 Å². The zero-order valence-corrected chi connectivity index (χ0v) is 13.9. The monoisotopic (exact) mass is 336 g/mol. The molecule has 0 aliphatic heterocycles. The highest BCUT2D eigenvalue weighted by Gasteiger charge is 2.10. The number of carbonyl (C=O) groups excluding carboxylic acids is 1. The summed E-state index contributed by atoms with van der Waals surface area (Å²) in [7, 11) is -1.67. The molecule has 0 fully saturated rings. The van der Waals surface area contributed by atoms with Crippen LogP contribution in [0.1, 0.15) is 6.42 Å². The normalized spacial score (nSPS) is 11.6. The third-order valence-corrected chi connectivity index (χ3v) is 4.66. The van der Waals surface area contributed by atoms with E-state index in [1.807, 2.05) is 30.3 Å². The molecule has 8 heteroatoms. The molecule has 0 spiro atoms. The molecule has 0 saturated carbocycles. The van der Waals surface area contributed by atoms with Gasteiger partial charge in [0, 0.05) is 25.5 Å². The number of nitrogens with zero attached hydrogens (tertiary/aromatic N) is 2. The number of nitrogens with one attached hydrogen (secondary N) is 2. The van der Waals surface area contributed by atoms with Gasteiger partial charge in [0.05, 0.1) is 23.7 Å². The summed E-state index contributed by atoms with van der Waals surface area (Å²) in [6, 6.07) is 9.14. The van der Waals surface area contributed by atoms with Gasteiger partial charge in [-0.2, -0.15) is 0 Å². The van der Waals surface area contributed by atoms with E-state index in [2.05, 4.69) is 15.6 Å². The number of hydrogen-bond acceptors (Lipinski definition) is 4. The lowest BCUT2D eigenvalue weighted by molar-refractivity contribution is 0.251. The van der Waals surface area contributed by atoms with Crippen LogP contribution in [-0.4, -0.2) is 50.1 Å². The number of fused-ring (bicyclic) bond motifs is 1. The molecule has 1 aromatic carbocycles. The van der Waals surface area contributed by atoms with E-state index in [0.717, 1.165) is 17.2 Å². The van der Waals surface area contributed by atoms with Gasteiger partial charge in [0.1, 0.15) is 0 Å². The van der Waals surface area contributed by atoms with Gasteiger partial charge in [-0.15, -0.1) is 0 Å². The van der Waals surface area contributed by atoms with E-state index in [1.165, 1.54) is 11.4 Å². The molecule has 0 atom stereocenters. The van der Waals surface area contributed by atoms with Gasteiger partial charge in [0.2, 0.25) is 10.0 Å². The van der Waals surface area contributed by atoms with E-state index in [0.29, 0.717) is 25.2 Å². The maximum atomic E-state index is 11.8. The van der Waals surface area contributed by atoms with Gasteiger partial charge in [-0.25, -0.2) is 17.5 Å². The van der Waals surface area contributed by atoms with Gasteiger partial charge >= 0.3 is 6.03 Å². The molecular formula is C15H20N4O3S. The molecule has 2 rings (SSSR count). The fourth-order valence-electron chi connectivity index (χ4n) is 1.98. The third-order valence-electron chi connectivity index (χ3n) is 3.35. The molecule has 1 aromatic heterocycles. The van der Waals surface area contributed by atoms with Crippen molar-refractivity contribution in [2.24, 2.45) is 0 Å². The van der Waals surface area contributed by atoms with Gasteiger partial charge in [-0.3, -0.25) is 4.98 Å². The number of urea groups is 1. The molecule has 0 bridgehead atoms. The van der Waals surface area contributed by atoms with Gasteiger partial charge in [0.15, 0.2) is 0 Å². The summed E-state index contributed by atoms with van der Waals surface area (Å²) in [6.07, 6.45) is 3.28. The minimum absolute atomic E-state index is 0.343. The average Bonchev–Trinajstić information content (AvgIpc) is 2.50. The van der Waals surface area contributed by atoms with Crippen molar-refractivity contribution in [3.05, 3.63) is 36.5 Å². The average molecular weight is 336 g/mol. The van der Waals surface area contributed by atoms with Crippen LogP contribution in [0, 0.1) is 0 Å². The second-order valence-corrected chi connectivity index (χ2v) is 7.33. The Morgan fingerprint density at radius 2 is 2.04 bits per heavy atom. The smallest absolute Gasteiger partial charge is 0.319 e. The molecule has 124 valence electrons. The number of aromatic nitrogens is 1. The molecule has 0 aliphatic carbocycles. The maximum Gasteiger partial charge on any atom is 0.319 e. The first-order valence-electron chi connectivity index (χ1n) is 7.17. The van der Waals surface area contributed by atoms with Crippen LogP contribution in [0.3, 0.4) is 0 Å². The highest BCUT2D eigenvalue weighted by molar-refractivity contribution is 7.88. The fourth-order valence-corrected chi connectivity index (χ4v) is 2.44. The van der Waals surface area contributed by atoms with Gasteiger partial charge in [0.25, 0.3) is 0 Å². The Hall–Kier alpha value is -2.19. The van der Waals surface area contributed by atoms with E-state index in [1.54, 1.807) is 6.20 Å². The Kier molecular flexibility index (Phi) is 5.51. The van der Waals surface area contributed by atoms with Crippen molar-refractivity contribution in [1.29, 1.82) is 0 Å². The lowest BCUT2D eigenvalue weighted by Crippen LogP contribution is -2.33. The van der Waals surface area contributed by atoms with Crippen LogP contribution >= 0.6 is 0 Å². The third kappa shape index (κ3) is 5.19. The Bertz CT molecular complexity index is 792. The molecule has 7 nitrogen and oxygen atoms in total. The van der Waals surface area contributed by atoms with Gasteiger partial charge in [-0.1, -0.05) is 18.2 Å². The summed E-state index contributed by atoms with van der Waals surface area (Å²) in [4.78, 5) is 16.1. The Morgan fingerprint density at radius 1 is 1.30 bits per heavy atom. The molecule has 0 radical (unpaired) electrons. The van der Waals surface area contributed by atoms with Crippen LogP contribution < -0.4 is 10.6 Å². The number of pyridine rings is 1. The molecule has 23 heavy (non-hydrogen) atoms. The van der Waals surface area contributed by atoms with Crippen molar-refractivity contribution >= 4 is 32.6 Å². The largest absolute Gasteiger partial charge is 0.338 e. The van der Waals surface area contributed by atoms with Crippen LogP contribution in [0.2, 0.25) is 0 Å². The zero-order chi connectivity index (χ0) is 16.9. The lowest BCUT2D eigenvalue weighted by atomic mass is 10.2. The van der Waals surface area contributed by atoms with Crippen molar-refractivity contribution in [3.63, 3.8) is 0 Å². The number of amides is 2. The Balaban J connectivity index is 1.80. The number of sulfonamides is 1. The summed E-state index contributed by atoms with van der Waals surface area (Å²) < 4.78 is 23.7. The maximum absolute atomic E-state index is 11.8. The molecule has 0 aliphatic rings. The first kappa shape index (κ1) is 17.2. The topological polar surface area (TPSA) is 91.4 Å². The number of rotatable bonds is 6. The second-order valence-electron chi connectivity index (χ2n) is 5.24. The Morgan fingerprint density at radius 3 is 2.78 bits per heavy atom. The number of benzene rings is 1. The van der Waals surface area contributed by atoms with Crippen LogP contribution in [0.15, 0.2) is 36.5 Å². The summed E-state index contributed by atoms with van der Waals surface area (Å²) in [5.74, 6) is 0. The fraction of sp³-hybridized carbons (Fsp3) is 0.333. The van der Waals surface area contributed by atoms with E-state index in [4.69, 9.17) is 0 Å². The highest BCUT2D eigenvalue weighted by atomic mass is 32.2. The van der Waals surface area contributed by atoms with Crippen molar-refractivity contribution in [1.82, 2.24) is 14.6 Å². The number of para-hydroxylation sites is 1. The van der Waals surface area contributed by atoms with Crippen LogP contribution in [0.5, 0.6) is 0 Å². The SMILES string of the molecule is CN(CCCNC(=O)Nc1cnc2ccccc2c1)S(C)(=O)=O. The number of anilines is 1. The van der Waals surface area contributed by atoms with E-state index in [9.17, 15) is 13.2 Å². The van der Waals surface area contributed by atoms with Crippen LogP contribution in [0.25, 0.3) is 10.9 Å². The minimum Gasteiger partial charge on any atom is -0.338 e. The van der Waals surface area contributed by atoms with Crippen molar-refractivity contribution in [3.8, 4) is 0 Å². The molecule has 2 aromatic rings. The predicted octanol–water partition coefficient (Wildman–Crippen LogP) is 1.64. The molecule has 0 unspecified atom stereocenters. The molecule has 0 saturated heterocycles. The lowest BCUT2D eigenvalue weighted by Gasteiger charge is -2.14. The quantitative estimate of drug-likeness (QED) is 0.785. The van der Waals surface area contributed by atoms with E-state index >= 15 is 0 Å². The second kappa shape index (κ2) is 7.38. The van der Waals surface area contributed by atoms with Crippen molar-refractivity contribution in [2.75, 3.05) is 31.7 Å². The molecule has 1 heterocycles. The van der Waals surface area contributed by atoms with E-state index < -0.39 is 10.0 Å². The summed E-state index contributed by atoms with van der Waals surface area (Å²) in [5, 5.41) is 6.34. The van der Waals surface area contributed by atoms with Crippen LogP contribution in [-0.2, 0) is 10.0 Å². The summed E-state index contributed by atoms with van der Waals surface area (Å²) in [5.41, 5.74) is 1.47. The minimum atomic E-state index is -3.18.